The summed E-state index contributed by atoms with van der Waals surface area (Å²) in [7, 11) is 0. The van der Waals surface area contributed by atoms with Crippen LogP contribution < -0.4 is 5.73 Å². The average molecular weight is 258 g/mol. The first kappa shape index (κ1) is 14.9. The summed E-state index contributed by atoms with van der Waals surface area (Å²) in [6.45, 7) is 0. The summed E-state index contributed by atoms with van der Waals surface area (Å²) in [6, 6.07) is 1.96. The van der Waals surface area contributed by atoms with Gasteiger partial charge in [0, 0.05) is 17.7 Å². The third kappa shape index (κ3) is 4.16. The molecule has 0 aliphatic heterocycles. The molecule has 4 N–H and O–H groups in total. The van der Waals surface area contributed by atoms with Crippen molar-refractivity contribution in [1.29, 1.82) is 0 Å². The molecule has 16 heavy (non-hydrogen) atoms. The second-order valence-electron chi connectivity index (χ2n) is 3.17. The predicted molar refractivity (Wildman–Crippen MR) is 54.6 cm³/mol. The van der Waals surface area contributed by atoms with Gasteiger partial charge in [0.15, 0.2) is 0 Å². The standard InChI is InChI=1S/C9H10F3NO2.ClH/c10-9(11,12)4-7(13)6-2-1-5(14)3-8(6)15;/h1-3,7,14-15H,4,13H2;1H/t7-;/m0./s1. The molecule has 0 radical (unpaired) electrons. The van der Waals surface area contributed by atoms with Crippen molar-refractivity contribution in [2.75, 3.05) is 0 Å². The molecule has 1 aromatic rings. The Morgan fingerprint density at radius 1 is 1.25 bits per heavy atom. The van der Waals surface area contributed by atoms with Crippen molar-refractivity contribution in [3.05, 3.63) is 23.8 Å². The first-order valence-corrected chi connectivity index (χ1v) is 4.14. The molecule has 0 unspecified atom stereocenters. The number of alkyl halides is 3. The molecule has 0 saturated carbocycles. The first-order valence-electron chi connectivity index (χ1n) is 4.14. The molecule has 7 heteroatoms. The summed E-state index contributed by atoms with van der Waals surface area (Å²) in [4.78, 5) is 0. The predicted octanol–water partition coefficient (Wildman–Crippen LogP) is 2.47. The van der Waals surface area contributed by atoms with Crippen LogP contribution in [0.2, 0.25) is 0 Å². The lowest BCUT2D eigenvalue weighted by atomic mass is 10.0. The number of rotatable bonds is 2. The van der Waals surface area contributed by atoms with Crippen LogP contribution in [0.15, 0.2) is 18.2 Å². The van der Waals surface area contributed by atoms with Crippen LogP contribution in [0.1, 0.15) is 18.0 Å². The van der Waals surface area contributed by atoms with Gasteiger partial charge in [-0.15, -0.1) is 12.4 Å². The highest BCUT2D eigenvalue weighted by Gasteiger charge is 2.31. The largest absolute Gasteiger partial charge is 0.508 e. The maximum atomic E-state index is 12.0. The van der Waals surface area contributed by atoms with E-state index in [9.17, 15) is 18.3 Å². The third-order valence-electron chi connectivity index (χ3n) is 1.86. The summed E-state index contributed by atoms with van der Waals surface area (Å²) in [5, 5.41) is 18.2. The van der Waals surface area contributed by atoms with Crippen molar-refractivity contribution < 1.29 is 23.4 Å². The lowest BCUT2D eigenvalue weighted by Crippen LogP contribution is -2.20. The fourth-order valence-corrected chi connectivity index (χ4v) is 1.20. The van der Waals surface area contributed by atoms with Gasteiger partial charge in [-0.2, -0.15) is 13.2 Å². The van der Waals surface area contributed by atoms with Crippen LogP contribution in [-0.4, -0.2) is 16.4 Å². The van der Waals surface area contributed by atoms with Gasteiger partial charge in [-0.05, 0) is 6.07 Å². The number of hydrogen-bond acceptors (Lipinski definition) is 3. The van der Waals surface area contributed by atoms with Gasteiger partial charge in [0.05, 0.1) is 6.42 Å². The molecule has 3 nitrogen and oxygen atoms in total. The zero-order valence-electron chi connectivity index (χ0n) is 8.03. The number of aromatic hydroxyl groups is 2. The van der Waals surface area contributed by atoms with Crippen molar-refractivity contribution in [2.24, 2.45) is 5.73 Å². The molecule has 0 heterocycles. The van der Waals surface area contributed by atoms with Crippen molar-refractivity contribution >= 4 is 12.4 Å². The van der Waals surface area contributed by atoms with Gasteiger partial charge < -0.3 is 15.9 Å². The number of hydrogen-bond donors (Lipinski definition) is 3. The molecule has 1 rings (SSSR count). The Balaban J connectivity index is 0.00000225. The van der Waals surface area contributed by atoms with Gasteiger partial charge >= 0.3 is 6.18 Å². The molecule has 0 bridgehead atoms. The molecule has 1 atom stereocenters. The van der Waals surface area contributed by atoms with Crippen molar-refractivity contribution in [3.63, 3.8) is 0 Å². The fourth-order valence-electron chi connectivity index (χ4n) is 1.20. The maximum absolute atomic E-state index is 12.0. The molecular formula is C9H11ClF3NO2. The van der Waals surface area contributed by atoms with Crippen LogP contribution in [0.3, 0.4) is 0 Å². The van der Waals surface area contributed by atoms with Crippen LogP contribution in [0.25, 0.3) is 0 Å². The maximum Gasteiger partial charge on any atom is 0.390 e. The van der Waals surface area contributed by atoms with Gasteiger partial charge in [0.1, 0.15) is 11.5 Å². The lowest BCUT2D eigenvalue weighted by Gasteiger charge is -2.15. The average Bonchev–Trinajstić information content (AvgIpc) is 1.99. The van der Waals surface area contributed by atoms with E-state index in [0.29, 0.717) is 0 Å². The van der Waals surface area contributed by atoms with Gasteiger partial charge in [-0.1, -0.05) is 6.07 Å². The number of phenolic OH excluding ortho intramolecular Hbond substituents is 2. The summed E-state index contributed by atoms with van der Waals surface area (Å²) < 4.78 is 36.0. The number of benzene rings is 1. The molecular weight excluding hydrogens is 247 g/mol. The van der Waals surface area contributed by atoms with E-state index in [4.69, 9.17) is 10.8 Å². The summed E-state index contributed by atoms with van der Waals surface area (Å²) in [6.07, 6.45) is -5.60. The fraction of sp³-hybridized carbons (Fsp3) is 0.333. The van der Waals surface area contributed by atoms with E-state index in [2.05, 4.69) is 0 Å². The monoisotopic (exact) mass is 257 g/mol. The minimum absolute atomic E-state index is 0. The Morgan fingerprint density at radius 3 is 2.25 bits per heavy atom. The summed E-state index contributed by atoms with van der Waals surface area (Å²) >= 11 is 0. The lowest BCUT2D eigenvalue weighted by molar-refractivity contribution is -0.138. The molecule has 0 aliphatic carbocycles. The van der Waals surface area contributed by atoms with E-state index in [1.807, 2.05) is 0 Å². The Morgan fingerprint density at radius 2 is 1.81 bits per heavy atom. The van der Waals surface area contributed by atoms with Gasteiger partial charge in [0.25, 0.3) is 0 Å². The Bertz CT molecular complexity index is 357. The molecule has 0 aromatic heterocycles. The molecule has 0 fully saturated rings. The van der Waals surface area contributed by atoms with Gasteiger partial charge in [0.2, 0.25) is 0 Å². The molecule has 1 aromatic carbocycles. The Kier molecular flexibility index (Phi) is 4.89. The van der Waals surface area contributed by atoms with Gasteiger partial charge in [-0.25, -0.2) is 0 Å². The molecule has 92 valence electrons. The Labute approximate surface area is 96.1 Å². The third-order valence-corrected chi connectivity index (χ3v) is 1.86. The van der Waals surface area contributed by atoms with E-state index in [1.54, 1.807) is 0 Å². The van der Waals surface area contributed by atoms with Crippen LogP contribution in [0, 0.1) is 0 Å². The molecule has 0 aliphatic rings. The topological polar surface area (TPSA) is 66.5 Å². The SMILES string of the molecule is Cl.N[C@@H](CC(F)(F)F)c1ccc(O)cc1O. The van der Waals surface area contributed by atoms with Crippen molar-refractivity contribution in [2.45, 2.75) is 18.6 Å². The smallest absolute Gasteiger partial charge is 0.390 e. The van der Waals surface area contributed by atoms with Crippen molar-refractivity contribution in [3.8, 4) is 11.5 Å². The van der Waals surface area contributed by atoms with Crippen molar-refractivity contribution in [1.82, 2.24) is 0 Å². The van der Waals surface area contributed by atoms with E-state index in [0.717, 1.165) is 6.07 Å². The summed E-state index contributed by atoms with van der Waals surface area (Å²) in [5.74, 6) is -0.665. The summed E-state index contributed by atoms with van der Waals surface area (Å²) in [5.41, 5.74) is 5.23. The highest BCUT2D eigenvalue weighted by molar-refractivity contribution is 5.85. The minimum Gasteiger partial charge on any atom is -0.508 e. The zero-order chi connectivity index (χ0) is 11.6. The highest BCUT2D eigenvalue weighted by Crippen LogP contribution is 2.33. The normalized spacial score (nSPS) is 13.0. The Hall–Kier alpha value is -1.14. The second kappa shape index (κ2) is 5.27. The number of phenols is 2. The second-order valence-corrected chi connectivity index (χ2v) is 3.17. The van der Waals surface area contributed by atoms with Crippen LogP contribution in [-0.2, 0) is 0 Å². The molecule has 0 amide bonds. The van der Waals surface area contributed by atoms with E-state index >= 15 is 0 Å². The van der Waals surface area contributed by atoms with E-state index in [1.165, 1.54) is 12.1 Å². The molecule has 0 spiro atoms. The number of halogens is 4. The van der Waals surface area contributed by atoms with Crippen LogP contribution in [0.4, 0.5) is 13.2 Å². The van der Waals surface area contributed by atoms with Crippen LogP contribution >= 0.6 is 12.4 Å². The van der Waals surface area contributed by atoms with E-state index < -0.39 is 24.4 Å². The van der Waals surface area contributed by atoms with E-state index in [-0.39, 0.29) is 23.7 Å². The quantitative estimate of drug-likeness (QED) is 0.762. The van der Waals surface area contributed by atoms with Crippen LogP contribution in [0.5, 0.6) is 11.5 Å². The molecule has 0 saturated heterocycles. The first-order chi connectivity index (χ1) is 6.79. The highest BCUT2D eigenvalue weighted by atomic mass is 35.5. The number of nitrogens with two attached hydrogens (primary N) is 1. The zero-order valence-corrected chi connectivity index (χ0v) is 8.85. The van der Waals surface area contributed by atoms with Gasteiger partial charge in [-0.3, -0.25) is 0 Å². The minimum atomic E-state index is -4.39.